The summed E-state index contributed by atoms with van der Waals surface area (Å²) in [4.78, 5) is 0. The standard InChI is InChI=1S/C16H18BrClN2O/c17-14-9-11(5-6-15(14)18)16(21)10-12-7-8-20(19-12)13-3-1-2-4-13/h5-9,13,16,21H,1-4,10H2. The first-order valence-electron chi connectivity index (χ1n) is 7.30. The Bertz CT molecular complexity index is 622. The molecule has 1 unspecified atom stereocenters. The van der Waals surface area contributed by atoms with Gasteiger partial charge < -0.3 is 5.11 Å². The maximum absolute atomic E-state index is 10.4. The fraction of sp³-hybridized carbons (Fsp3) is 0.438. The highest BCUT2D eigenvalue weighted by Crippen LogP contribution is 2.30. The van der Waals surface area contributed by atoms with Crippen LogP contribution in [0.5, 0.6) is 0 Å². The highest BCUT2D eigenvalue weighted by molar-refractivity contribution is 9.10. The van der Waals surface area contributed by atoms with Gasteiger partial charge in [0.2, 0.25) is 0 Å². The lowest BCUT2D eigenvalue weighted by Crippen LogP contribution is -2.07. The Morgan fingerprint density at radius 2 is 2.10 bits per heavy atom. The second-order valence-electron chi connectivity index (χ2n) is 5.62. The fourth-order valence-electron chi connectivity index (χ4n) is 2.89. The summed E-state index contributed by atoms with van der Waals surface area (Å²) >= 11 is 9.36. The number of aliphatic hydroxyl groups is 1. The van der Waals surface area contributed by atoms with Crippen LogP contribution in [0.15, 0.2) is 34.9 Å². The number of benzene rings is 1. The van der Waals surface area contributed by atoms with E-state index in [1.54, 1.807) is 6.07 Å². The van der Waals surface area contributed by atoms with Crippen LogP contribution in [0.25, 0.3) is 0 Å². The summed E-state index contributed by atoms with van der Waals surface area (Å²) in [7, 11) is 0. The number of hydrogen-bond donors (Lipinski definition) is 1. The Morgan fingerprint density at radius 3 is 2.81 bits per heavy atom. The number of nitrogens with zero attached hydrogens (tertiary/aromatic N) is 2. The van der Waals surface area contributed by atoms with Gasteiger partial charge in [-0.2, -0.15) is 5.10 Å². The summed E-state index contributed by atoms with van der Waals surface area (Å²) in [6.07, 6.45) is 7.01. The summed E-state index contributed by atoms with van der Waals surface area (Å²) in [5.41, 5.74) is 1.78. The van der Waals surface area contributed by atoms with Crippen LogP contribution in [0.1, 0.15) is 49.1 Å². The molecule has 0 spiro atoms. The molecule has 5 heteroatoms. The van der Waals surface area contributed by atoms with E-state index in [4.69, 9.17) is 11.6 Å². The van der Waals surface area contributed by atoms with E-state index in [9.17, 15) is 5.11 Å². The van der Waals surface area contributed by atoms with Crippen LogP contribution < -0.4 is 0 Å². The molecule has 0 bridgehead atoms. The minimum atomic E-state index is -0.564. The lowest BCUT2D eigenvalue weighted by Gasteiger charge is -2.11. The van der Waals surface area contributed by atoms with Gasteiger partial charge in [-0.05, 0) is 52.5 Å². The molecule has 2 aromatic rings. The Labute approximate surface area is 138 Å². The van der Waals surface area contributed by atoms with E-state index in [1.807, 2.05) is 24.4 Å². The first kappa shape index (κ1) is 15.1. The van der Waals surface area contributed by atoms with Crippen LogP contribution in [0, 0.1) is 0 Å². The molecule has 1 aromatic carbocycles. The van der Waals surface area contributed by atoms with Gasteiger partial charge in [0.1, 0.15) is 0 Å². The van der Waals surface area contributed by atoms with Gasteiger partial charge in [-0.1, -0.05) is 30.5 Å². The lowest BCUT2D eigenvalue weighted by molar-refractivity contribution is 0.176. The Kier molecular flexibility index (Phi) is 4.67. The molecule has 3 rings (SSSR count). The number of rotatable bonds is 4. The predicted octanol–water partition coefficient (Wildman–Crippen LogP) is 4.69. The van der Waals surface area contributed by atoms with Crippen molar-refractivity contribution in [3.05, 3.63) is 51.2 Å². The molecule has 0 saturated heterocycles. The Hall–Kier alpha value is -0.840. The molecule has 1 atom stereocenters. The molecular weight excluding hydrogens is 352 g/mol. The van der Waals surface area contributed by atoms with E-state index in [0.29, 0.717) is 17.5 Å². The Balaban J connectivity index is 1.69. The van der Waals surface area contributed by atoms with Crippen LogP contribution in [0.4, 0.5) is 0 Å². The SMILES string of the molecule is OC(Cc1ccn(C2CCCC2)n1)c1ccc(Cl)c(Br)c1. The zero-order valence-corrected chi connectivity index (χ0v) is 14.0. The van der Waals surface area contributed by atoms with Gasteiger partial charge in [-0.25, -0.2) is 0 Å². The summed E-state index contributed by atoms with van der Waals surface area (Å²) in [6.45, 7) is 0. The van der Waals surface area contributed by atoms with Crippen LogP contribution in [0.2, 0.25) is 5.02 Å². The summed E-state index contributed by atoms with van der Waals surface area (Å²) < 4.78 is 2.87. The van der Waals surface area contributed by atoms with Gasteiger partial charge in [-0.3, -0.25) is 4.68 Å². The van der Waals surface area contributed by atoms with Gasteiger partial charge in [0.15, 0.2) is 0 Å². The van der Waals surface area contributed by atoms with Gasteiger partial charge in [0.05, 0.1) is 22.9 Å². The molecule has 112 valence electrons. The summed E-state index contributed by atoms with van der Waals surface area (Å²) in [5.74, 6) is 0. The topological polar surface area (TPSA) is 38.0 Å². The number of aromatic nitrogens is 2. The van der Waals surface area contributed by atoms with Gasteiger partial charge >= 0.3 is 0 Å². The van der Waals surface area contributed by atoms with E-state index in [1.165, 1.54) is 25.7 Å². The molecule has 21 heavy (non-hydrogen) atoms. The fourth-order valence-corrected chi connectivity index (χ4v) is 3.41. The molecule has 1 aromatic heterocycles. The number of aliphatic hydroxyl groups excluding tert-OH is 1. The van der Waals surface area contributed by atoms with Crippen molar-refractivity contribution in [2.24, 2.45) is 0 Å². The minimum Gasteiger partial charge on any atom is -0.388 e. The van der Waals surface area contributed by atoms with Crippen molar-refractivity contribution in [3.63, 3.8) is 0 Å². The third-order valence-corrected chi connectivity index (χ3v) is 5.31. The summed E-state index contributed by atoms with van der Waals surface area (Å²) in [5, 5.41) is 15.6. The molecule has 3 nitrogen and oxygen atoms in total. The first-order valence-corrected chi connectivity index (χ1v) is 8.47. The zero-order valence-electron chi connectivity index (χ0n) is 11.7. The van der Waals surface area contributed by atoms with Crippen molar-refractivity contribution in [1.82, 2.24) is 9.78 Å². The zero-order chi connectivity index (χ0) is 14.8. The molecule has 1 fully saturated rings. The van der Waals surface area contributed by atoms with Crippen molar-refractivity contribution >= 4 is 27.5 Å². The molecule has 1 saturated carbocycles. The molecule has 1 N–H and O–H groups in total. The van der Waals surface area contributed by atoms with Crippen LogP contribution in [-0.4, -0.2) is 14.9 Å². The largest absolute Gasteiger partial charge is 0.388 e. The van der Waals surface area contributed by atoms with Gasteiger partial charge in [-0.15, -0.1) is 0 Å². The molecule has 0 amide bonds. The van der Waals surface area contributed by atoms with Crippen LogP contribution in [-0.2, 0) is 6.42 Å². The first-order chi connectivity index (χ1) is 10.1. The predicted molar refractivity (Wildman–Crippen MR) is 87.5 cm³/mol. The Morgan fingerprint density at radius 1 is 1.33 bits per heavy atom. The molecule has 1 aliphatic carbocycles. The van der Waals surface area contributed by atoms with E-state index in [0.717, 1.165) is 15.7 Å². The second kappa shape index (κ2) is 6.51. The average Bonchev–Trinajstić information content (AvgIpc) is 3.12. The smallest absolute Gasteiger partial charge is 0.0846 e. The third kappa shape index (κ3) is 3.50. The maximum Gasteiger partial charge on any atom is 0.0846 e. The second-order valence-corrected chi connectivity index (χ2v) is 6.88. The third-order valence-electron chi connectivity index (χ3n) is 4.09. The van der Waals surface area contributed by atoms with Crippen LogP contribution >= 0.6 is 27.5 Å². The average molecular weight is 370 g/mol. The van der Waals surface area contributed by atoms with E-state index in [2.05, 4.69) is 25.7 Å². The van der Waals surface area contributed by atoms with E-state index < -0.39 is 6.10 Å². The van der Waals surface area contributed by atoms with Crippen molar-refractivity contribution in [2.75, 3.05) is 0 Å². The number of halogens is 2. The quantitative estimate of drug-likeness (QED) is 0.849. The molecule has 0 radical (unpaired) electrons. The summed E-state index contributed by atoms with van der Waals surface area (Å²) in [6, 6.07) is 8.06. The van der Waals surface area contributed by atoms with Crippen molar-refractivity contribution in [2.45, 2.75) is 44.2 Å². The number of hydrogen-bond acceptors (Lipinski definition) is 2. The van der Waals surface area contributed by atoms with E-state index in [-0.39, 0.29) is 0 Å². The lowest BCUT2D eigenvalue weighted by atomic mass is 10.1. The van der Waals surface area contributed by atoms with Crippen molar-refractivity contribution in [3.8, 4) is 0 Å². The highest BCUT2D eigenvalue weighted by atomic mass is 79.9. The minimum absolute atomic E-state index is 0.522. The molecule has 1 aliphatic rings. The van der Waals surface area contributed by atoms with Gasteiger partial charge in [0.25, 0.3) is 0 Å². The van der Waals surface area contributed by atoms with Crippen molar-refractivity contribution in [1.29, 1.82) is 0 Å². The maximum atomic E-state index is 10.4. The monoisotopic (exact) mass is 368 g/mol. The van der Waals surface area contributed by atoms with Crippen molar-refractivity contribution < 1.29 is 5.11 Å². The molecule has 1 heterocycles. The normalized spacial score (nSPS) is 17.3. The molecule has 0 aliphatic heterocycles. The molecular formula is C16H18BrClN2O. The highest BCUT2D eigenvalue weighted by Gasteiger charge is 2.18. The van der Waals surface area contributed by atoms with E-state index >= 15 is 0 Å². The van der Waals surface area contributed by atoms with Crippen LogP contribution in [0.3, 0.4) is 0 Å². The van der Waals surface area contributed by atoms with Gasteiger partial charge in [0, 0.05) is 17.1 Å².